The molecule has 6 nitrogen and oxygen atoms in total. The molecule has 0 atom stereocenters. The van der Waals surface area contributed by atoms with Gasteiger partial charge in [0.25, 0.3) is 0 Å². The van der Waals surface area contributed by atoms with Crippen molar-refractivity contribution < 1.29 is 14.3 Å². The van der Waals surface area contributed by atoms with Crippen molar-refractivity contribution in [3.05, 3.63) is 46.0 Å². The predicted octanol–water partition coefficient (Wildman–Crippen LogP) is 2.04. The molecule has 2 aromatic heterocycles. The number of carbonyl (C=O) groups excluding carboxylic acids is 2. The largest absolute Gasteiger partial charge is 0.464 e. The average molecular weight is 287 g/mol. The number of rotatable bonds is 3. The first-order valence-electron chi connectivity index (χ1n) is 5.72. The summed E-state index contributed by atoms with van der Waals surface area (Å²) in [6.45, 7) is 0. The van der Waals surface area contributed by atoms with Crippen molar-refractivity contribution in [1.29, 1.82) is 0 Å². The van der Waals surface area contributed by atoms with Crippen LogP contribution in [-0.4, -0.2) is 34.0 Å². The van der Waals surface area contributed by atoms with Crippen LogP contribution in [0.3, 0.4) is 0 Å². The molecule has 0 aliphatic rings. The van der Waals surface area contributed by atoms with Gasteiger partial charge < -0.3 is 4.74 Å². The maximum absolute atomic E-state index is 12.4. The number of fused-ring (bicyclic) bond motifs is 1. The molecule has 0 amide bonds. The smallest absolute Gasteiger partial charge is 0.357 e. The number of aromatic nitrogens is 3. The minimum absolute atomic E-state index is 0.126. The summed E-state index contributed by atoms with van der Waals surface area (Å²) in [4.78, 5) is 27.7. The van der Waals surface area contributed by atoms with Crippen molar-refractivity contribution in [2.45, 2.75) is 0 Å². The lowest BCUT2D eigenvalue weighted by Gasteiger charge is -1.93. The highest BCUT2D eigenvalue weighted by molar-refractivity contribution is 7.12. The summed E-state index contributed by atoms with van der Waals surface area (Å²) in [5.74, 6) is -0.880. The van der Waals surface area contributed by atoms with Crippen molar-refractivity contribution in [3.63, 3.8) is 0 Å². The Morgan fingerprint density at radius 1 is 1.30 bits per heavy atom. The van der Waals surface area contributed by atoms with E-state index in [0.717, 1.165) is 22.2 Å². The lowest BCUT2D eigenvalue weighted by Crippen LogP contribution is -2.05. The Labute approximate surface area is 117 Å². The Morgan fingerprint density at radius 3 is 2.90 bits per heavy atom. The molecule has 7 heteroatoms. The molecule has 0 aliphatic carbocycles. The summed E-state index contributed by atoms with van der Waals surface area (Å²) in [5.41, 5.74) is 1.20. The number of aromatic amines is 1. The third kappa shape index (κ3) is 1.97. The van der Waals surface area contributed by atoms with Crippen molar-refractivity contribution in [3.8, 4) is 0 Å². The van der Waals surface area contributed by atoms with Gasteiger partial charge in [-0.1, -0.05) is 18.2 Å². The number of thiazole rings is 1. The summed E-state index contributed by atoms with van der Waals surface area (Å²) < 4.78 is 4.56. The quantitative estimate of drug-likeness (QED) is 0.588. The van der Waals surface area contributed by atoms with Crippen molar-refractivity contribution in [2.75, 3.05) is 7.11 Å². The number of hydrogen-bond donors (Lipinski definition) is 1. The van der Waals surface area contributed by atoms with Crippen molar-refractivity contribution in [2.24, 2.45) is 0 Å². The van der Waals surface area contributed by atoms with Crippen LogP contribution in [0.1, 0.15) is 26.0 Å². The van der Waals surface area contributed by atoms with Crippen molar-refractivity contribution >= 4 is 34.0 Å². The first kappa shape index (κ1) is 12.5. The van der Waals surface area contributed by atoms with Gasteiger partial charge in [0.2, 0.25) is 5.78 Å². The van der Waals surface area contributed by atoms with Gasteiger partial charge in [-0.25, -0.2) is 9.78 Å². The molecule has 3 aromatic rings. The zero-order valence-electron chi connectivity index (χ0n) is 10.4. The molecule has 100 valence electrons. The summed E-state index contributed by atoms with van der Waals surface area (Å²) in [6, 6.07) is 7.33. The van der Waals surface area contributed by atoms with E-state index in [1.165, 1.54) is 12.5 Å². The molecule has 0 aliphatic heterocycles. The molecule has 0 saturated carbocycles. The lowest BCUT2D eigenvalue weighted by molar-refractivity contribution is 0.0595. The fraction of sp³-hybridized carbons (Fsp3) is 0.0769. The van der Waals surface area contributed by atoms with Crippen LogP contribution in [0.2, 0.25) is 0 Å². The van der Waals surface area contributed by atoms with Crippen LogP contribution in [0.4, 0.5) is 0 Å². The van der Waals surface area contributed by atoms with Crippen LogP contribution in [0.25, 0.3) is 10.9 Å². The number of benzene rings is 1. The Hall–Kier alpha value is -2.54. The summed E-state index contributed by atoms with van der Waals surface area (Å²) in [5, 5.41) is 9.25. The normalized spacial score (nSPS) is 10.7. The highest BCUT2D eigenvalue weighted by atomic mass is 32.1. The van der Waals surface area contributed by atoms with E-state index in [9.17, 15) is 9.59 Å². The Morgan fingerprint density at radius 2 is 2.10 bits per heavy atom. The van der Waals surface area contributed by atoms with Crippen LogP contribution >= 0.6 is 11.3 Å². The van der Waals surface area contributed by atoms with Gasteiger partial charge >= 0.3 is 5.97 Å². The molecule has 1 N–H and O–H groups in total. The monoisotopic (exact) mass is 287 g/mol. The Bertz CT molecular complexity index is 806. The third-order valence-corrected chi connectivity index (χ3v) is 3.62. The minimum atomic E-state index is -0.563. The standard InChI is InChI=1S/C13H9N3O3S/c1-19-13(18)9-6-20-12(14-9)11(17)10-7-4-2-3-5-8(7)15-16-10/h2-6H,1H3,(H,15,16). The van der Waals surface area contributed by atoms with E-state index < -0.39 is 5.97 Å². The number of ether oxygens (including phenoxy) is 1. The molecule has 0 bridgehead atoms. The molecule has 0 saturated heterocycles. The third-order valence-electron chi connectivity index (χ3n) is 2.78. The van der Waals surface area contributed by atoms with E-state index >= 15 is 0 Å². The summed E-state index contributed by atoms with van der Waals surface area (Å²) >= 11 is 1.09. The predicted molar refractivity (Wildman–Crippen MR) is 73.0 cm³/mol. The molecule has 20 heavy (non-hydrogen) atoms. The van der Waals surface area contributed by atoms with Crippen LogP contribution in [0.15, 0.2) is 29.6 Å². The zero-order valence-corrected chi connectivity index (χ0v) is 11.2. The van der Waals surface area contributed by atoms with E-state index in [0.29, 0.717) is 5.69 Å². The molecular formula is C13H9N3O3S. The van der Waals surface area contributed by atoms with E-state index in [4.69, 9.17) is 0 Å². The number of H-pyrrole nitrogens is 1. The number of ketones is 1. The molecule has 2 heterocycles. The molecule has 1 aromatic carbocycles. The molecule has 0 spiro atoms. The molecule has 0 unspecified atom stereocenters. The summed E-state index contributed by atoms with van der Waals surface area (Å²) in [6.07, 6.45) is 0. The average Bonchev–Trinajstić information content (AvgIpc) is 3.12. The van der Waals surface area contributed by atoms with Gasteiger partial charge in [0, 0.05) is 10.8 Å². The maximum atomic E-state index is 12.4. The van der Waals surface area contributed by atoms with Gasteiger partial charge in [-0.3, -0.25) is 9.89 Å². The maximum Gasteiger partial charge on any atom is 0.357 e. The van der Waals surface area contributed by atoms with Crippen LogP contribution in [0.5, 0.6) is 0 Å². The first-order chi connectivity index (χ1) is 9.70. The number of methoxy groups -OCH3 is 1. The van der Waals surface area contributed by atoms with Crippen LogP contribution in [0, 0.1) is 0 Å². The SMILES string of the molecule is COC(=O)c1csc(C(=O)c2n[nH]c3ccccc23)n1. The van der Waals surface area contributed by atoms with Gasteiger partial charge in [0.05, 0.1) is 12.6 Å². The Balaban J connectivity index is 2.00. The van der Waals surface area contributed by atoms with Gasteiger partial charge in [0.1, 0.15) is 5.69 Å². The molecular weight excluding hydrogens is 278 g/mol. The summed E-state index contributed by atoms with van der Waals surface area (Å²) in [7, 11) is 1.27. The highest BCUT2D eigenvalue weighted by Gasteiger charge is 2.21. The number of para-hydroxylation sites is 1. The number of carbonyl (C=O) groups is 2. The number of nitrogens with zero attached hydrogens (tertiary/aromatic N) is 2. The van der Waals surface area contributed by atoms with Crippen LogP contribution in [-0.2, 0) is 4.74 Å². The second-order valence-electron chi connectivity index (χ2n) is 3.98. The first-order valence-corrected chi connectivity index (χ1v) is 6.60. The molecule has 0 radical (unpaired) electrons. The van der Waals surface area contributed by atoms with Crippen molar-refractivity contribution in [1.82, 2.24) is 15.2 Å². The number of hydrogen-bond acceptors (Lipinski definition) is 6. The minimum Gasteiger partial charge on any atom is -0.464 e. The number of nitrogens with one attached hydrogen (secondary N) is 1. The number of esters is 1. The molecule has 3 rings (SSSR count). The van der Waals surface area contributed by atoms with Gasteiger partial charge in [0.15, 0.2) is 10.7 Å². The van der Waals surface area contributed by atoms with E-state index in [-0.39, 0.29) is 16.5 Å². The second kappa shape index (κ2) is 4.86. The van der Waals surface area contributed by atoms with Gasteiger partial charge in [-0.15, -0.1) is 11.3 Å². The van der Waals surface area contributed by atoms with Gasteiger partial charge in [-0.2, -0.15) is 5.10 Å². The second-order valence-corrected chi connectivity index (χ2v) is 4.83. The van der Waals surface area contributed by atoms with E-state index in [1.807, 2.05) is 18.2 Å². The fourth-order valence-corrected chi connectivity index (χ4v) is 2.54. The fourth-order valence-electron chi connectivity index (χ4n) is 1.81. The zero-order chi connectivity index (χ0) is 14.1. The highest BCUT2D eigenvalue weighted by Crippen LogP contribution is 2.20. The van der Waals surface area contributed by atoms with Crippen LogP contribution < -0.4 is 0 Å². The topological polar surface area (TPSA) is 84.9 Å². The van der Waals surface area contributed by atoms with E-state index in [2.05, 4.69) is 19.9 Å². The van der Waals surface area contributed by atoms with Gasteiger partial charge in [-0.05, 0) is 6.07 Å². The van der Waals surface area contributed by atoms with E-state index in [1.54, 1.807) is 6.07 Å². The molecule has 0 fully saturated rings. The Kier molecular flexibility index (Phi) is 3.03. The lowest BCUT2D eigenvalue weighted by atomic mass is 10.1.